The minimum Gasteiger partial charge on any atom is -0.489 e. The molecule has 0 fully saturated rings. The quantitative estimate of drug-likeness (QED) is 0.869. The molecule has 10 heteroatoms. The van der Waals surface area contributed by atoms with Gasteiger partial charge in [-0.15, -0.1) is 0 Å². The number of hydrogen-bond acceptors (Lipinski definition) is 5. The van der Waals surface area contributed by atoms with Crippen LogP contribution in [0.15, 0.2) is 42.6 Å². The Morgan fingerprint density at radius 2 is 1.80 bits per heavy atom. The highest BCUT2D eigenvalue weighted by atomic mass is 32.2. The van der Waals surface area contributed by atoms with Crippen LogP contribution in [0.25, 0.3) is 0 Å². The molecule has 0 radical (unpaired) electrons. The number of carbonyl (C=O) groups excluding carboxylic acids is 1. The van der Waals surface area contributed by atoms with Crippen molar-refractivity contribution in [1.29, 1.82) is 0 Å². The van der Waals surface area contributed by atoms with Gasteiger partial charge in [-0.25, -0.2) is 13.1 Å². The average molecular weight is 374 g/mol. The Kier molecular flexibility index (Phi) is 5.31. The summed E-state index contributed by atoms with van der Waals surface area (Å²) in [6, 6.07) is 7.71. The second-order valence-electron chi connectivity index (χ2n) is 5.07. The molecule has 1 aromatic carbocycles. The number of nitrogens with one attached hydrogen (secondary N) is 1. The SMILES string of the molecule is CS(=O)(=O)NC(=O)c1ccc(OCc2ccc(C(F)(F)F)nc2)cc1. The van der Waals surface area contributed by atoms with Gasteiger partial charge in [0.05, 0.1) is 6.26 Å². The Hall–Kier alpha value is -2.62. The number of sulfonamides is 1. The van der Waals surface area contributed by atoms with Crippen LogP contribution >= 0.6 is 0 Å². The summed E-state index contributed by atoms with van der Waals surface area (Å²) in [4.78, 5) is 15.0. The fraction of sp³-hybridized carbons (Fsp3) is 0.200. The van der Waals surface area contributed by atoms with Crippen molar-refractivity contribution in [2.24, 2.45) is 0 Å². The summed E-state index contributed by atoms with van der Waals surface area (Å²) in [5.41, 5.74) is -0.432. The number of pyridine rings is 1. The average Bonchev–Trinajstić information content (AvgIpc) is 2.51. The maximum Gasteiger partial charge on any atom is 0.433 e. The summed E-state index contributed by atoms with van der Waals surface area (Å²) in [7, 11) is -3.66. The number of rotatable bonds is 5. The van der Waals surface area contributed by atoms with Crippen molar-refractivity contribution in [3.05, 3.63) is 59.4 Å². The normalized spacial score (nSPS) is 11.8. The Labute approximate surface area is 141 Å². The number of halogens is 3. The zero-order valence-corrected chi connectivity index (χ0v) is 13.7. The molecular formula is C15H13F3N2O4S. The molecule has 0 atom stereocenters. The highest BCUT2D eigenvalue weighted by Gasteiger charge is 2.31. The minimum absolute atomic E-state index is 0.0139. The molecule has 6 nitrogen and oxygen atoms in total. The fourth-order valence-electron chi connectivity index (χ4n) is 1.77. The van der Waals surface area contributed by atoms with Gasteiger partial charge in [-0.3, -0.25) is 9.78 Å². The van der Waals surface area contributed by atoms with Gasteiger partial charge >= 0.3 is 6.18 Å². The van der Waals surface area contributed by atoms with Gasteiger partial charge < -0.3 is 4.74 Å². The Balaban J connectivity index is 1.97. The molecule has 0 spiro atoms. The van der Waals surface area contributed by atoms with Crippen LogP contribution in [0.1, 0.15) is 21.6 Å². The summed E-state index contributed by atoms with van der Waals surface area (Å²) in [6.07, 6.45) is -2.57. The number of aromatic nitrogens is 1. The van der Waals surface area contributed by atoms with E-state index < -0.39 is 27.8 Å². The third-order valence-electron chi connectivity index (χ3n) is 2.92. The molecule has 2 rings (SSSR count). The number of benzene rings is 1. The topological polar surface area (TPSA) is 85.4 Å². The maximum atomic E-state index is 12.4. The predicted molar refractivity (Wildman–Crippen MR) is 82.3 cm³/mol. The first-order chi connectivity index (χ1) is 11.5. The van der Waals surface area contributed by atoms with Crippen molar-refractivity contribution in [3.8, 4) is 5.75 Å². The molecule has 0 saturated carbocycles. The van der Waals surface area contributed by atoms with Crippen molar-refractivity contribution in [2.75, 3.05) is 6.26 Å². The van der Waals surface area contributed by atoms with E-state index in [0.29, 0.717) is 11.3 Å². The standard InChI is InChI=1S/C15H13F3N2O4S/c1-25(22,23)20-14(21)11-3-5-12(6-4-11)24-9-10-2-7-13(19-8-10)15(16,17)18/h2-8H,9H2,1H3,(H,20,21). The summed E-state index contributed by atoms with van der Waals surface area (Å²) in [6.45, 7) is -0.0139. The molecule has 2 aromatic rings. The van der Waals surface area contributed by atoms with Crippen LogP contribution in [0.2, 0.25) is 0 Å². The first-order valence-corrected chi connectivity index (χ1v) is 8.71. The van der Waals surface area contributed by atoms with E-state index in [9.17, 15) is 26.4 Å². The van der Waals surface area contributed by atoms with Gasteiger partial charge in [-0.1, -0.05) is 6.07 Å². The molecule has 0 aliphatic heterocycles. The molecule has 1 heterocycles. The van der Waals surface area contributed by atoms with Crippen molar-refractivity contribution in [1.82, 2.24) is 9.71 Å². The molecule has 134 valence electrons. The molecule has 25 heavy (non-hydrogen) atoms. The Morgan fingerprint density at radius 3 is 2.28 bits per heavy atom. The van der Waals surface area contributed by atoms with Crippen LogP contribution in [0, 0.1) is 0 Å². The van der Waals surface area contributed by atoms with Crippen LogP contribution in [-0.2, 0) is 22.8 Å². The number of amides is 1. The number of hydrogen-bond donors (Lipinski definition) is 1. The van der Waals surface area contributed by atoms with E-state index >= 15 is 0 Å². The molecule has 0 saturated heterocycles. The van der Waals surface area contributed by atoms with Crippen molar-refractivity contribution < 1.29 is 31.1 Å². The summed E-state index contributed by atoms with van der Waals surface area (Å²) < 4.78 is 66.4. The van der Waals surface area contributed by atoms with E-state index in [1.807, 2.05) is 4.72 Å². The molecule has 1 N–H and O–H groups in total. The van der Waals surface area contributed by atoms with E-state index in [4.69, 9.17) is 4.74 Å². The molecule has 0 bridgehead atoms. The number of carbonyl (C=O) groups is 1. The van der Waals surface area contributed by atoms with Gasteiger partial charge in [0.1, 0.15) is 18.1 Å². The van der Waals surface area contributed by atoms with Crippen molar-refractivity contribution in [2.45, 2.75) is 12.8 Å². The lowest BCUT2D eigenvalue weighted by Gasteiger charge is -2.09. The van der Waals surface area contributed by atoms with Crippen LogP contribution < -0.4 is 9.46 Å². The van der Waals surface area contributed by atoms with Gasteiger partial charge in [0.15, 0.2) is 0 Å². The van der Waals surface area contributed by atoms with Crippen molar-refractivity contribution in [3.63, 3.8) is 0 Å². The lowest BCUT2D eigenvalue weighted by Crippen LogP contribution is -2.29. The molecular weight excluding hydrogens is 361 g/mol. The molecule has 1 aromatic heterocycles. The zero-order valence-electron chi connectivity index (χ0n) is 12.9. The van der Waals surface area contributed by atoms with E-state index in [-0.39, 0.29) is 12.2 Å². The van der Waals surface area contributed by atoms with Gasteiger partial charge in [-0.05, 0) is 30.3 Å². The molecule has 0 aliphatic rings. The third-order valence-corrected chi connectivity index (χ3v) is 3.47. The van der Waals surface area contributed by atoms with E-state index in [2.05, 4.69) is 4.98 Å². The zero-order chi connectivity index (χ0) is 18.7. The van der Waals surface area contributed by atoms with Gasteiger partial charge in [-0.2, -0.15) is 13.2 Å². The highest BCUT2D eigenvalue weighted by Crippen LogP contribution is 2.27. The van der Waals surface area contributed by atoms with Crippen LogP contribution in [0.3, 0.4) is 0 Å². The van der Waals surface area contributed by atoms with Crippen LogP contribution in [0.5, 0.6) is 5.75 Å². The van der Waals surface area contributed by atoms with Crippen molar-refractivity contribution >= 4 is 15.9 Å². The third kappa shape index (κ3) is 5.75. The van der Waals surface area contributed by atoms with Gasteiger partial charge in [0.25, 0.3) is 5.91 Å². The first-order valence-electron chi connectivity index (χ1n) is 6.82. The second kappa shape index (κ2) is 7.09. The monoisotopic (exact) mass is 374 g/mol. The van der Waals surface area contributed by atoms with Crippen LogP contribution in [0.4, 0.5) is 13.2 Å². The molecule has 1 amide bonds. The van der Waals surface area contributed by atoms with Gasteiger partial charge in [0.2, 0.25) is 10.0 Å². The summed E-state index contributed by atoms with van der Waals surface area (Å²) >= 11 is 0. The van der Waals surface area contributed by atoms with E-state index in [1.54, 1.807) is 0 Å². The Bertz CT molecular complexity index is 848. The summed E-state index contributed by atoms with van der Waals surface area (Å²) in [5, 5.41) is 0. The Morgan fingerprint density at radius 1 is 1.16 bits per heavy atom. The lowest BCUT2D eigenvalue weighted by molar-refractivity contribution is -0.141. The molecule has 0 unspecified atom stereocenters. The van der Waals surface area contributed by atoms with E-state index in [1.165, 1.54) is 30.3 Å². The maximum absolute atomic E-state index is 12.4. The van der Waals surface area contributed by atoms with Crippen LogP contribution in [-0.4, -0.2) is 25.6 Å². The summed E-state index contributed by atoms with van der Waals surface area (Å²) in [5.74, 6) is -0.420. The number of alkyl halides is 3. The minimum atomic E-state index is -4.50. The smallest absolute Gasteiger partial charge is 0.433 e. The predicted octanol–water partition coefficient (Wildman–Crippen LogP) is 2.37. The highest BCUT2D eigenvalue weighted by molar-refractivity contribution is 7.89. The number of ether oxygens (including phenoxy) is 1. The lowest BCUT2D eigenvalue weighted by atomic mass is 10.2. The second-order valence-corrected chi connectivity index (χ2v) is 6.81. The largest absolute Gasteiger partial charge is 0.489 e. The first kappa shape index (κ1) is 18.7. The van der Waals surface area contributed by atoms with E-state index in [0.717, 1.165) is 18.5 Å². The van der Waals surface area contributed by atoms with Gasteiger partial charge in [0, 0.05) is 17.3 Å². The fourth-order valence-corrected chi connectivity index (χ4v) is 2.23. The number of nitrogens with zero attached hydrogens (tertiary/aromatic N) is 1. The molecule has 0 aliphatic carbocycles.